The third-order valence-corrected chi connectivity index (χ3v) is 2.79. The molecule has 1 aliphatic rings. The van der Waals surface area contributed by atoms with Gasteiger partial charge in [0.1, 0.15) is 11.9 Å². The number of benzene rings is 1. The summed E-state index contributed by atoms with van der Waals surface area (Å²) in [6.07, 6.45) is -0.417. The van der Waals surface area contributed by atoms with E-state index >= 15 is 0 Å². The van der Waals surface area contributed by atoms with Gasteiger partial charge in [-0.05, 0) is 24.6 Å². The molecular weight excluding hydrogens is 225 g/mol. The van der Waals surface area contributed by atoms with E-state index in [0.717, 1.165) is 0 Å². The van der Waals surface area contributed by atoms with Crippen LogP contribution in [0.3, 0.4) is 0 Å². The van der Waals surface area contributed by atoms with E-state index in [4.69, 9.17) is 9.84 Å². The van der Waals surface area contributed by atoms with Gasteiger partial charge in [-0.15, -0.1) is 0 Å². The largest absolute Gasteiger partial charge is 0.444 e. The number of hydrogen-bond donors (Lipinski definition) is 1. The molecule has 1 fully saturated rings. The van der Waals surface area contributed by atoms with Crippen LogP contribution in [0.25, 0.3) is 0 Å². The fraction of sp³-hybridized carbons (Fsp3) is 0.417. The number of halogens is 1. The molecule has 0 saturated carbocycles. The molecule has 0 bridgehead atoms. The lowest BCUT2D eigenvalue weighted by atomic mass is 10.2. The Hall–Kier alpha value is -1.62. The second-order valence-electron chi connectivity index (χ2n) is 4.06. The summed E-state index contributed by atoms with van der Waals surface area (Å²) in [5.41, 5.74) is 1.02. The maximum atomic E-state index is 13.4. The van der Waals surface area contributed by atoms with Crippen LogP contribution in [0.2, 0.25) is 0 Å². The van der Waals surface area contributed by atoms with Crippen LogP contribution in [0, 0.1) is 12.7 Å². The summed E-state index contributed by atoms with van der Waals surface area (Å²) in [5, 5.41) is 8.78. The number of rotatable bonds is 3. The highest BCUT2D eigenvalue weighted by atomic mass is 19.1. The van der Waals surface area contributed by atoms with Gasteiger partial charge >= 0.3 is 6.09 Å². The van der Waals surface area contributed by atoms with Gasteiger partial charge in [0.2, 0.25) is 0 Å². The highest BCUT2D eigenvalue weighted by Crippen LogP contribution is 2.24. The van der Waals surface area contributed by atoms with E-state index in [2.05, 4.69) is 0 Å². The number of anilines is 1. The molecule has 1 unspecified atom stereocenters. The Morgan fingerprint density at radius 2 is 2.35 bits per heavy atom. The highest BCUT2D eigenvalue weighted by molar-refractivity contribution is 5.89. The number of ether oxygens (including phenoxy) is 1. The van der Waals surface area contributed by atoms with Gasteiger partial charge in [-0.25, -0.2) is 9.18 Å². The Morgan fingerprint density at radius 3 is 3.00 bits per heavy atom. The van der Waals surface area contributed by atoms with Crippen molar-refractivity contribution in [1.29, 1.82) is 0 Å². The predicted molar refractivity (Wildman–Crippen MR) is 60.5 cm³/mol. The smallest absolute Gasteiger partial charge is 0.414 e. The maximum Gasteiger partial charge on any atom is 0.414 e. The van der Waals surface area contributed by atoms with Crippen LogP contribution in [0.1, 0.15) is 12.0 Å². The van der Waals surface area contributed by atoms with Gasteiger partial charge in [-0.1, -0.05) is 6.07 Å². The molecule has 17 heavy (non-hydrogen) atoms. The number of amides is 1. The van der Waals surface area contributed by atoms with E-state index in [1.807, 2.05) is 0 Å². The summed E-state index contributed by atoms with van der Waals surface area (Å²) in [6, 6.07) is 4.62. The van der Waals surface area contributed by atoms with Crippen molar-refractivity contribution in [1.82, 2.24) is 0 Å². The van der Waals surface area contributed by atoms with Crippen molar-refractivity contribution in [2.24, 2.45) is 0 Å². The first kappa shape index (κ1) is 11.9. The number of aryl methyl sites for hydroxylation is 1. The molecule has 2 rings (SSSR count). The zero-order chi connectivity index (χ0) is 12.4. The van der Waals surface area contributed by atoms with E-state index in [1.54, 1.807) is 19.1 Å². The molecule has 1 aromatic rings. The summed E-state index contributed by atoms with van der Waals surface area (Å²) in [5.74, 6) is -0.346. The second-order valence-corrected chi connectivity index (χ2v) is 4.06. The Bertz CT molecular complexity index is 436. The topological polar surface area (TPSA) is 49.8 Å². The Kier molecular flexibility index (Phi) is 3.28. The molecule has 92 valence electrons. The lowest BCUT2D eigenvalue weighted by Gasteiger charge is -2.13. The van der Waals surface area contributed by atoms with E-state index in [0.29, 0.717) is 24.2 Å². The van der Waals surface area contributed by atoms with Gasteiger partial charge < -0.3 is 9.84 Å². The van der Waals surface area contributed by atoms with Crippen molar-refractivity contribution >= 4 is 11.8 Å². The molecule has 0 aromatic heterocycles. The second kappa shape index (κ2) is 4.71. The minimum atomic E-state index is -0.494. The molecule has 1 atom stereocenters. The van der Waals surface area contributed by atoms with Gasteiger partial charge in [0.15, 0.2) is 0 Å². The summed E-state index contributed by atoms with van der Waals surface area (Å²) in [4.78, 5) is 12.9. The molecule has 1 N–H and O–H groups in total. The van der Waals surface area contributed by atoms with E-state index in [9.17, 15) is 9.18 Å². The van der Waals surface area contributed by atoms with Gasteiger partial charge in [-0.2, -0.15) is 0 Å². The molecule has 4 nitrogen and oxygen atoms in total. The first-order valence-corrected chi connectivity index (χ1v) is 5.47. The molecule has 0 spiro atoms. The van der Waals surface area contributed by atoms with Crippen LogP contribution in [0.15, 0.2) is 18.2 Å². The minimum absolute atomic E-state index is 0.0337. The zero-order valence-electron chi connectivity index (χ0n) is 9.52. The molecule has 1 amide bonds. The van der Waals surface area contributed by atoms with Crippen molar-refractivity contribution in [3.05, 3.63) is 29.6 Å². The van der Waals surface area contributed by atoms with E-state index in [1.165, 1.54) is 11.0 Å². The van der Waals surface area contributed by atoms with Crippen LogP contribution in [0.5, 0.6) is 0 Å². The van der Waals surface area contributed by atoms with Crippen LogP contribution >= 0.6 is 0 Å². The molecule has 0 radical (unpaired) electrons. The molecule has 1 aliphatic heterocycles. The van der Waals surface area contributed by atoms with Crippen molar-refractivity contribution in [2.45, 2.75) is 19.4 Å². The first-order valence-electron chi connectivity index (χ1n) is 5.47. The number of carbonyl (C=O) groups excluding carboxylic acids is 1. The number of cyclic esters (lactones) is 1. The SMILES string of the molecule is Cc1ccc(N2CC(CCO)OC2=O)cc1F. The monoisotopic (exact) mass is 239 g/mol. The summed E-state index contributed by atoms with van der Waals surface area (Å²) >= 11 is 0. The Labute approximate surface area is 98.6 Å². The Morgan fingerprint density at radius 1 is 1.59 bits per heavy atom. The van der Waals surface area contributed by atoms with E-state index < -0.39 is 6.09 Å². The average Bonchev–Trinajstić information content (AvgIpc) is 2.64. The van der Waals surface area contributed by atoms with Gasteiger partial charge in [-0.3, -0.25) is 4.90 Å². The maximum absolute atomic E-state index is 13.4. The van der Waals surface area contributed by atoms with Gasteiger partial charge in [0.05, 0.1) is 12.2 Å². The van der Waals surface area contributed by atoms with Gasteiger partial charge in [0, 0.05) is 13.0 Å². The zero-order valence-corrected chi connectivity index (χ0v) is 9.52. The quantitative estimate of drug-likeness (QED) is 0.875. The van der Waals surface area contributed by atoms with Crippen molar-refractivity contribution < 1.29 is 19.0 Å². The van der Waals surface area contributed by atoms with E-state index in [-0.39, 0.29) is 18.5 Å². The summed E-state index contributed by atoms with van der Waals surface area (Å²) < 4.78 is 18.4. The number of hydrogen-bond acceptors (Lipinski definition) is 3. The average molecular weight is 239 g/mol. The number of aliphatic hydroxyl groups is 1. The molecule has 5 heteroatoms. The molecule has 0 aliphatic carbocycles. The molecule has 1 heterocycles. The highest BCUT2D eigenvalue weighted by Gasteiger charge is 2.32. The lowest BCUT2D eigenvalue weighted by Crippen LogP contribution is -2.24. The lowest BCUT2D eigenvalue weighted by molar-refractivity contribution is 0.122. The minimum Gasteiger partial charge on any atom is -0.444 e. The molecule has 1 aromatic carbocycles. The number of aliphatic hydroxyl groups excluding tert-OH is 1. The fourth-order valence-corrected chi connectivity index (χ4v) is 1.78. The van der Waals surface area contributed by atoms with Gasteiger partial charge in [0.25, 0.3) is 0 Å². The molecule has 1 saturated heterocycles. The van der Waals surface area contributed by atoms with Crippen LogP contribution in [0.4, 0.5) is 14.9 Å². The van der Waals surface area contributed by atoms with Crippen molar-refractivity contribution in [2.75, 3.05) is 18.1 Å². The summed E-state index contributed by atoms with van der Waals surface area (Å²) in [6.45, 7) is 1.98. The summed E-state index contributed by atoms with van der Waals surface area (Å²) in [7, 11) is 0. The fourth-order valence-electron chi connectivity index (χ4n) is 1.78. The van der Waals surface area contributed by atoms with Crippen LogP contribution in [-0.4, -0.2) is 30.5 Å². The number of nitrogens with zero attached hydrogens (tertiary/aromatic N) is 1. The number of carbonyl (C=O) groups is 1. The third-order valence-electron chi connectivity index (χ3n) is 2.79. The van der Waals surface area contributed by atoms with Crippen molar-refractivity contribution in [3.8, 4) is 0 Å². The standard InChI is InChI=1S/C12H14FNO3/c1-8-2-3-9(6-11(8)13)14-7-10(4-5-15)17-12(14)16/h2-3,6,10,15H,4-5,7H2,1H3. The normalized spacial score (nSPS) is 19.6. The first-order chi connectivity index (χ1) is 8.11. The molecular formula is C12H14FNO3. The predicted octanol–water partition coefficient (Wildman–Crippen LogP) is 1.84. The van der Waals surface area contributed by atoms with Crippen molar-refractivity contribution in [3.63, 3.8) is 0 Å². The Balaban J connectivity index is 2.17. The van der Waals surface area contributed by atoms with Crippen LogP contribution < -0.4 is 4.90 Å². The third kappa shape index (κ3) is 2.39. The van der Waals surface area contributed by atoms with Crippen LogP contribution in [-0.2, 0) is 4.74 Å².